The van der Waals surface area contributed by atoms with Crippen LogP contribution in [0.3, 0.4) is 0 Å². The van der Waals surface area contributed by atoms with E-state index in [9.17, 15) is 9.90 Å². The van der Waals surface area contributed by atoms with Crippen molar-refractivity contribution in [2.45, 2.75) is 82.7 Å². The van der Waals surface area contributed by atoms with Crippen LogP contribution >= 0.6 is 11.3 Å². The lowest BCUT2D eigenvalue weighted by molar-refractivity contribution is 0.200. The average Bonchev–Trinajstić information content (AvgIpc) is 3.31. The maximum Gasteiger partial charge on any atom is 0.410 e. The van der Waals surface area contributed by atoms with E-state index in [1.165, 1.54) is 19.3 Å². The highest BCUT2D eigenvalue weighted by molar-refractivity contribution is 7.09. The Morgan fingerprint density at radius 1 is 1.26 bits per heavy atom. The predicted octanol–water partition coefficient (Wildman–Crippen LogP) is 5.55. The minimum atomic E-state index is -1.32. The van der Waals surface area contributed by atoms with E-state index in [1.54, 1.807) is 11.3 Å². The normalized spacial score (nSPS) is 23.1. The van der Waals surface area contributed by atoms with Crippen molar-refractivity contribution in [2.24, 2.45) is 17.8 Å². The molecular weight excluding hydrogens is 512 g/mol. The molecule has 0 saturated heterocycles. The van der Waals surface area contributed by atoms with Crippen molar-refractivity contribution in [3.8, 4) is 0 Å². The lowest BCUT2D eigenvalue weighted by atomic mass is 9.80. The van der Waals surface area contributed by atoms with Gasteiger partial charge >= 0.3 is 6.09 Å². The first kappa shape index (κ1) is 25.9. The summed E-state index contributed by atoms with van der Waals surface area (Å²) in [7, 11) is 0. The van der Waals surface area contributed by atoms with E-state index in [1.807, 2.05) is 11.6 Å². The molecule has 3 aliphatic rings. The molecule has 3 heterocycles. The van der Waals surface area contributed by atoms with E-state index in [-0.39, 0.29) is 23.1 Å². The lowest BCUT2D eigenvalue weighted by Crippen LogP contribution is -2.33. The van der Waals surface area contributed by atoms with Gasteiger partial charge in [0.2, 0.25) is 0 Å². The first-order chi connectivity index (χ1) is 18.9. The van der Waals surface area contributed by atoms with Gasteiger partial charge in [0.25, 0.3) is 0 Å². The van der Waals surface area contributed by atoms with Gasteiger partial charge in [-0.3, -0.25) is 10.7 Å². The second-order valence-electron chi connectivity index (χ2n) is 11.5. The first-order valence-electron chi connectivity index (χ1n) is 14.0. The molecule has 1 atom stereocenters. The van der Waals surface area contributed by atoms with E-state index >= 15 is 0 Å². The maximum absolute atomic E-state index is 11.3. The summed E-state index contributed by atoms with van der Waals surface area (Å²) in [4.78, 5) is 30.5. The van der Waals surface area contributed by atoms with Gasteiger partial charge in [0.05, 0.1) is 5.41 Å². The number of anilines is 1. The van der Waals surface area contributed by atoms with Crippen LogP contribution in [0, 0.1) is 23.2 Å². The fourth-order valence-corrected chi connectivity index (χ4v) is 7.10. The fourth-order valence-electron chi connectivity index (χ4n) is 6.21. The van der Waals surface area contributed by atoms with Gasteiger partial charge < -0.3 is 15.0 Å². The van der Waals surface area contributed by atoms with Crippen molar-refractivity contribution in [3.63, 3.8) is 0 Å². The van der Waals surface area contributed by atoms with Gasteiger partial charge in [-0.1, -0.05) is 12.5 Å². The fraction of sp³-hybridized carbons (Fsp3) is 0.571. The second kappa shape index (κ2) is 10.3. The van der Waals surface area contributed by atoms with Gasteiger partial charge in [-0.05, 0) is 76.0 Å². The van der Waals surface area contributed by atoms with Crippen LogP contribution in [0.1, 0.15) is 81.4 Å². The van der Waals surface area contributed by atoms with E-state index < -0.39 is 6.09 Å². The number of amidine groups is 1. The van der Waals surface area contributed by atoms with E-state index in [0.29, 0.717) is 29.2 Å². The minimum Gasteiger partial charge on any atom is -0.465 e. The number of fused-ring (bicyclic) bond motifs is 1. The molecule has 4 N–H and O–H groups in total. The molecule has 0 radical (unpaired) electrons. The third-order valence-electron chi connectivity index (χ3n) is 8.97. The largest absolute Gasteiger partial charge is 0.465 e. The second-order valence-corrected chi connectivity index (χ2v) is 12.4. The number of imidazole rings is 1. The first-order valence-corrected chi connectivity index (χ1v) is 14.9. The molecule has 3 aromatic rings. The van der Waals surface area contributed by atoms with Gasteiger partial charge in [-0.15, -0.1) is 17.9 Å². The van der Waals surface area contributed by atoms with Crippen LogP contribution in [0.4, 0.5) is 10.6 Å². The molecule has 10 nitrogen and oxygen atoms in total. The van der Waals surface area contributed by atoms with Crippen molar-refractivity contribution in [1.29, 1.82) is 5.41 Å². The molecule has 3 fully saturated rings. The number of allylic oxidation sites excluding steroid dienone is 1. The number of amides is 1. The number of thiazole rings is 1. The quantitative estimate of drug-likeness (QED) is 0.156. The Kier molecular flexibility index (Phi) is 6.86. The van der Waals surface area contributed by atoms with Crippen LogP contribution in [0.5, 0.6) is 0 Å². The predicted molar refractivity (Wildman–Crippen MR) is 152 cm³/mol. The third kappa shape index (κ3) is 4.92. The molecule has 0 aliphatic heterocycles. The standard InChI is InChI=1S/C28H36N8O2S/c1-3-17-7-9-18(10-8-17)15-36-20-22(31-16(2)19-5-4-6-19)33-24(21(29)32-27(37)38)34-23(20)35-25(36)28(11-12-28)26-30-13-14-39-26/h3,13-14,16-19H,1,4-12,15H2,2H3,(H2,29,32)(H,37,38)(H,31,33,34)/t16-,17-,18-/m1/s1. The van der Waals surface area contributed by atoms with Crippen molar-refractivity contribution >= 4 is 40.2 Å². The van der Waals surface area contributed by atoms with E-state index in [2.05, 4.69) is 39.8 Å². The molecule has 0 unspecified atom stereocenters. The van der Waals surface area contributed by atoms with Crippen LogP contribution < -0.4 is 10.6 Å². The summed E-state index contributed by atoms with van der Waals surface area (Å²) >= 11 is 1.66. The summed E-state index contributed by atoms with van der Waals surface area (Å²) in [5, 5.41) is 26.4. The summed E-state index contributed by atoms with van der Waals surface area (Å²) in [6.07, 6.45) is 12.7. The number of aromatic nitrogens is 5. The molecule has 11 heteroatoms. The Labute approximate surface area is 231 Å². The number of nitrogens with one attached hydrogen (secondary N) is 3. The summed E-state index contributed by atoms with van der Waals surface area (Å²) < 4.78 is 2.33. The number of hydrogen-bond donors (Lipinski definition) is 4. The molecular formula is C28H36N8O2S. The number of carboxylic acid groups (broad SMARTS) is 1. The van der Waals surface area contributed by atoms with Crippen LogP contribution in [-0.4, -0.2) is 47.6 Å². The third-order valence-corrected chi connectivity index (χ3v) is 9.94. The Balaban J connectivity index is 1.47. The highest BCUT2D eigenvalue weighted by Gasteiger charge is 2.52. The van der Waals surface area contributed by atoms with Gasteiger partial charge in [0, 0.05) is 24.2 Å². The lowest BCUT2D eigenvalue weighted by Gasteiger charge is -2.32. The summed E-state index contributed by atoms with van der Waals surface area (Å²) in [5.41, 5.74) is 1.10. The monoisotopic (exact) mass is 548 g/mol. The van der Waals surface area contributed by atoms with Gasteiger partial charge in [-0.25, -0.2) is 24.7 Å². The Bertz CT molecular complexity index is 1380. The SMILES string of the molecule is C=C[C@H]1CC[C@H](Cn2c(C3(c4nccs4)CC3)nc3nc(C(=N)NC(=O)O)nc(N[C@H](C)C4CCC4)c32)CC1. The summed E-state index contributed by atoms with van der Waals surface area (Å²) in [6, 6.07) is 0.190. The number of hydrogen-bond acceptors (Lipinski definition) is 8. The molecule has 3 saturated carbocycles. The van der Waals surface area contributed by atoms with Crippen LogP contribution in [-0.2, 0) is 12.0 Å². The van der Waals surface area contributed by atoms with Crippen molar-refractivity contribution in [1.82, 2.24) is 29.8 Å². The molecule has 0 aromatic carbocycles. The highest BCUT2D eigenvalue weighted by atomic mass is 32.1. The molecule has 1 amide bonds. The van der Waals surface area contributed by atoms with Crippen molar-refractivity contribution in [2.75, 3.05) is 5.32 Å². The molecule has 0 bridgehead atoms. The Hall–Kier alpha value is -3.34. The molecule has 6 rings (SSSR count). The van der Waals surface area contributed by atoms with Crippen molar-refractivity contribution < 1.29 is 9.90 Å². The summed E-state index contributed by atoms with van der Waals surface area (Å²) in [6.45, 7) is 7.01. The smallest absolute Gasteiger partial charge is 0.410 e. The van der Waals surface area contributed by atoms with Gasteiger partial charge in [-0.2, -0.15) is 0 Å². The number of carbonyl (C=O) groups is 1. The van der Waals surface area contributed by atoms with Crippen LogP contribution in [0.2, 0.25) is 0 Å². The molecule has 3 aliphatic carbocycles. The molecule has 206 valence electrons. The Morgan fingerprint density at radius 3 is 2.62 bits per heavy atom. The molecule has 0 spiro atoms. The van der Waals surface area contributed by atoms with Crippen LogP contribution in [0.25, 0.3) is 11.2 Å². The zero-order valence-corrected chi connectivity index (χ0v) is 23.1. The molecule has 3 aromatic heterocycles. The van der Waals surface area contributed by atoms with Crippen molar-refractivity contribution in [3.05, 3.63) is 40.9 Å². The molecule has 39 heavy (non-hydrogen) atoms. The average molecular weight is 549 g/mol. The van der Waals surface area contributed by atoms with E-state index in [4.69, 9.17) is 20.4 Å². The summed E-state index contributed by atoms with van der Waals surface area (Å²) in [5.74, 6) is 2.91. The topological polar surface area (TPSA) is 142 Å². The van der Waals surface area contributed by atoms with Gasteiger partial charge in [0.1, 0.15) is 16.3 Å². The zero-order chi connectivity index (χ0) is 27.1. The number of nitrogens with zero attached hydrogens (tertiary/aromatic N) is 5. The highest BCUT2D eigenvalue weighted by Crippen LogP contribution is 2.54. The zero-order valence-electron chi connectivity index (χ0n) is 22.3. The minimum absolute atomic E-state index is 0.0231. The number of rotatable bonds is 9. The van der Waals surface area contributed by atoms with Crippen LogP contribution in [0.15, 0.2) is 24.2 Å². The van der Waals surface area contributed by atoms with E-state index in [0.717, 1.165) is 61.4 Å². The Morgan fingerprint density at radius 2 is 2.03 bits per heavy atom. The maximum atomic E-state index is 11.3. The van der Waals surface area contributed by atoms with Gasteiger partial charge in [0.15, 0.2) is 23.1 Å².